The van der Waals surface area contributed by atoms with Gasteiger partial charge in [0.1, 0.15) is 5.75 Å². The Labute approximate surface area is 742 Å². The largest absolute Gasteiger partial charge is 0.351 e. The first kappa shape index (κ1) is 89.4. The number of likely N-dealkylation sites (tertiary alicyclic amines) is 3. The number of hydrogen-bond donors (Lipinski definition) is 9. The van der Waals surface area contributed by atoms with E-state index in [0.29, 0.717) is 0 Å². The minimum atomic E-state index is -4.11. The molecule has 3 fully saturated rings. The molecular weight excluding hydrogens is 1670 g/mol. The van der Waals surface area contributed by atoms with Gasteiger partial charge in [-0.1, -0.05) is 146 Å². The Morgan fingerprint density at radius 1 is 0.286 bits per heavy atom. The monoisotopic (exact) mass is 1790 g/mol. The molecule has 19 rings (SSSR count). The van der Waals surface area contributed by atoms with Gasteiger partial charge in [0, 0.05) is 74.5 Å². The van der Waals surface area contributed by atoms with Gasteiger partial charge in [0.2, 0.25) is 46.0 Å². The number of anilines is 4. The van der Waals surface area contributed by atoms with E-state index in [9.17, 15) is 57.6 Å². The van der Waals surface area contributed by atoms with Crippen LogP contribution >= 0.6 is 0 Å². The number of aryl methyl sites for hydroxylation is 8. The molecule has 3 heterocycles. The second kappa shape index (κ2) is 40.1. The molecule has 0 saturated carbocycles. The lowest BCUT2D eigenvalue weighted by molar-refractivity contribution is -0.118. The first-order valence-electron chi connectivity index (χ1n) is 45.3. The third kappa shape index (κ3) is 23.3. The predicted molar refractivity (Wildman–Crippen MR) is 493 cm³/mol. The Balaban J connectivity index is 0.000000124. The van der Waals surface area contributed by atoms with Gasteiger partial charge in [0.05, 0.1) is 17.3 Å². The van der Waals surface area contributed by atoms with Crippen molar-refractivity contribution in [2.45, 2.75) is 200 Å². The lowest BCUT2D eigenvalue weighted by atomic mass is 9.98. The highest BCUT2D eigenvalue weighted by molar-refractivity contribution is 7.91. The van der Waals surface area contributed by atoms with Crippen molar-refractivity contribution in [3.05, 3.63) is 257 Å². The molecule has 8 aromatic rings. The molecule has 29 heteroatoms. The molecule has 668 valence electrons. The van der Waals surface area contributed by atoms with E-state index >= 15 is 0 Å². The Morgan fingerprint density at radius 3 is 0.865 bits per heavy atom. The molecule has 0 spiro atoms. The van der Waals surface area contributed by atoms with Crippen molar-refractivity contribution < 1.29 is 57.6 Å². The van der Waals surface area contributed by atoms with E-state index in [1.807, 2.05) is 89.7 Å². The van der Waals surface area contributed by atoms with Crippen LogP contribution in [-0.4, -0.2) is 141 Å². The number of urea groups is 4. The third-order valence-corrected chi connectivity index (χ3v) is 32.1. The predicted octanol–water partition coefficient (Wildman–Crippen LogP) is 13.3. The number of fused-ring (bicyclic) bond motifs is 8. The van der Waals surface area contributed by atoms with Crippen LogP contribution in [0.4, 0.5) is 41.9 Å². The van der Waals surface area contributed by atoms with Crippen molar-refractivity contribution in [1.82, 2.24) is 38.9 Å². The van der Waals surface area contributed by atoms with Crippen molar-refractivity contribution in [3.8, 4) is 0 Å². The van der Waals surface area contributed by atoms with Gasteiger partial charge in [-0.25, -0.2) is 71.7 Å². The van der Waals surface area contributed by atoms with Crippen molar-refractivity contribution in [3.63, 3.8) is 0 Å². The smallest absolute Gasteiger partial charge is 0.332 e. The Kier molecular flexibility index (Phi) is 28.5. The maximum atomic E-state index is 12.8. The highest BCUT2D eigenvalue weighted by atomic mass is 32.2. The molecule has 25 nitrogen and oxygen atoms in total. The molecule has 8 aromatic carbocycles. The second-order valence-electron chi connectivity index (χ2n) is 36.2. The van der Waals surface area contributed by atoms with Gasteiger partial charge in [-0.2, -0.15) is 0 Å². The summed E-state index contributed by atoms with van der Waals surface area (Å²) in [6.07, 6.45) is 26.8. The molecule has 0 radical (unpaired) electrons. The van der Waals surface area contributed by atoms with Crippen LogP contribution in [0.5, 0.6) is 0 Å². The number of benzene rings is 8. The average Bonchev–Trinajstić information content (AvgIpc) is 1.64. The number of nitrogens with one attached hydrogen (secondary N) is 9. The molecular formula is C97H118N12O13S4. The van der Waals surface area contributed by atoms with E-state index in [2.05, 4.69) is 116 Å². The van der Waals surface area contributed by atoms with Crippen LogP contribution in [0, 0.1) is 17.8 Å². The molecule has 1 atom stereocenters. The van der Waals surface area contributed by atoms with E-state index < -0.39 is 75.9 Å². The number of hydrogen-bond acceptors (Lipinski definition) is 16. The fourth-order valence-electron chi connectivity index (χ4n) is 21.0. The van der Waals surface area contributed by atoms with Gasteiger partial charge in [0.15, 0.2) is 0 Å². The molecule has 0 aromatic heterocycles. The van der Waals surface area contributed by atoms with Crippen molar-refractivity contribution in [2.75, 3.05) is 83.5 Å². The molecule has 3 saturated heterocycles. The van der Waals surface area contributed by atoms with Crippen LogP contribution in [0.15, 0.2) is 146 Å². The van der Waals surface area contributed by atoms with E-state index in [4.69, 9.17) is 0 Å². The molecule has 9 amide bonds. The Hall–Kier alpha value is -10.0. The standard InChI is InChI=1S/C26H33N3O3S.C25H31N3O3S.C24H29N3O3S.C22H25N3O4S/c30-26(27-25-23-10-4-8-21(23)16-22-9-5-11-24(22)25)28-33(31,32)18-20-12-14-29(15-13-20)17-19-6-2-1-3-7-19;29-25(26-24-22-10-4-8-20(22)14-21-9-5-11-23(21)24)27-32(30,31)17-19-12-13-28(16-19)15-18-6-2-1-3-7-18;28-24(25-23-21-10-4-8-19(21)12-20-9-5-11-22(20)23)26-31(29,30)16-18-14-27(15-18)13-17-6-2-1-3-7-17;26-20(23-13-15-6-2-1-3-7-15)14-30(28,29)25-22(27)24-21-18-10-4-8-16(18)12-17-9-5-11-19(17)21/h1-3,6-7,16,20H,4-5,8-15,17-18H2,(H2,27,28,30);1-3,6-7,14,19H,4-5,8-13,15-17H2,(H2,26,27,29);1-3,6-7,12,18H,4-5,8-11,13-16H2,(H2,25,26,28);1-3,6-7,12H,4-5,8-11,13-14H2,(H,23,26)(H2,24,25,27). The van der Waals surface area contributed by atoms with Gasteiger partial charge < -0.3 is 26.6 Å². The quantitative estimate of drug-likeness (QED) is 0.0271. The van der Waals surface area contributed by atoms with Gasteiger partial charge in [-0.05, 0) is 316 Å². The van der Waals surface area contributed by atoms with Gasteiger partial charge in [-0.3, -0.25) is 19.5 Å². The fraction of sp³-hybridized carbons (Fsp3) is 0.454. The summed E-state index contributed by atoms with van der Waals surface area (Å²) in [6, 6.07) is 46.4. The first-order chi connectivity index (χ1) is 60.8. The number of rotatable bonds is 24. The minimum absolute atomic E-state index is 0.00456. The zero-order valence-corrected chi connectivity index (χ0v) is 75.1. The van der Waals surface area contributed by atoms with Gasteiger partial charge in [0.25, 0.3) is 0 Å². The van der Waals surface area contributed by atoms with Gasteiger partial charge >= 0.3 is 24.1 Å². The minimum Gasteiger partial charge on any atom is -0.351 e. The second-order valence-corrected chi connectivity index (χ2v) is 43.2. The van der Waals surface area contributed by atoms with E-state index in [-0.39, 0.29) is 41.6 Å². The van der Waals surface area contributed by atoms with Crippen LogP contribution in [0.2, 0.25) is 0 Å². The number of piperidine rings is 1. The lowest BCUT2D eigenvalue weighted by Crippen LogP contribution is -2.50. The van der Waals surface area contributed by atoms with E-state index in [1.54, 1.807) is 0 Å². The molecule has 0 bridgehead atoms. The van der Waals surface area contributed by atoms with Crippen LogP contribution in [0.25, 0.3) is 0 Å². The highest BCUT2D eigenvalue weighted by Crippen LogP contribution is 2.43. The van der Waals surface area contributed by atoms with Crippen LogP contribution < -0.4 is 45.5 Å². The number of sulfonamides is 4. The first-order valence-corrected chi connectivity index (χ1v) is 51.9. The average molecular weight is 1790 g/mol. The van der Waals surface area contributed by atoms with Crippen LogP contribution in [-0.2, 0) is 174 Å². The summed E-state index contributed by atoms with van der Waals surface area (Å²) < 4.78 is 110. The highest BCUT2D eigenvalue weighted by Gasteiger charge is 2.37. The fourth-order valence-corrected chi connectivity index (χ4v) is 25.8. The Morgan fingerprint density at radius 2 is 0.540 bits per heavy atom. The Bertz CT molecular complexity index is 5710. The molecule has 1 unspecified atom stereocenters. The van der Waals surface area contributed by atoms with Gasteiger partial charge in [-0.15, -0.1) is 0 Å². The maximum absolute atomic E-state index is 12.8. The number of nitrogens with zero attached hydrogens (tertiary/aromatic N) is 3. The lowest BCUT2D eigenvalue weighted by Gasteiger charge is -2.39. The summed E-state index contributed by atoms with van der Waals surface area (Å²) in [5, 5.41) is 14.1. The summed E-state index contributed by atoms with van der Waals surface area (Å²) in [7, 11) is -15.2. The zero-order valence-electron chi connectivity index (χ0n) is 71.9. The summed E-state index contributed by atoms with van der Waals surface area (Å²) in [6.45, 7) is 7.61. The zero-order chi connectivity index (χ0) is 87.5. The number of carbonyl (C=O) groups is 5. The summed E-state index contributed by atoms with van der Waals surface area (Å²) >= 11 is 0. The summed E-state index contributed by atoms with van der Waals surface area (Å²) in [5.74, 6) is -1.34. The van der Waals surface area contributed by atoms with Crippen molar-refractivity contribution >= 4 is 92.9 Å². The third-order valence-electron chi connectivity index (χ3n) is 26.7. The van der Waals surface area contributed by atoms with Crippen LogP contribution in [0.1, 0.15) is 182 Å². The van der Waals surface area contributed by atoms with E-state index in [0.717, 1.165) is 272 Å². The molecule has 11 aliphatic rings. The van der Waals surface area contributed by atoms with Crippen molar-refractivity contribution in [1.29, 1.82) is 0 Å². The summed E-state index contributed by atoms with van der Waals surface area (Å²) in [4.78, 5) is 69.4. The summed E-state index contributed by atoms with van der Waals surface area (Å²) in [5.41, 5.74) is 27.8. The van der Waals surface area contributed by atoms with E-state index in [1.165, 1.54) is 94.6 Å². The molecule has 8 aliphatic carbocycles. The molecule has 9 N–H and O–H groups in total. The SMILES string of the molecule is O=C(CS(=O)(=O)NC(=O)Nc1c2c(cc3c1CCC3)CCC2)NCc1ccccc1.O=C(Nc1c2c(cc3c1CCC3)CCC2)NS(=O)(=O)CC1CCN(Cc2ccccc2)C1.O=C(Nc1c2c(cc3c1CCC3)CCC2)NS(=O)(=O)CC1CCN(Cc2ccccc2)CC1.O=C(Nc1c2c(cc3c1CCC3)CCC2)NS(=O)(=O)CC1CN(Cc2ccccc2)C1. The topological polar surface area (TPSA) is 340 Å². The number of amides is 9. The van der Waals surface area contributed by atoms with Crippen LogP contribution in [0.3, 0.4) is 0 Å². The molecule has 126 heavy (non-hydrogen) atoms. The molecule has 3 aliphatic heterocycles. The maximum Gasteiger partial charge on any atom is 0.332 e. The van der Waals surface area contributed by atoms with Crippen molar-refractivity contribution in [2.24, 2.45) is 17.8 Å². The normalized spacial score (nSPS) is 18.0. The number of carbonyl (C=O) groups excluding carboxylic acids is 5.